The topological polar surface area (TPSA) is 79.8 Å². The first-order valence-electron chi connectivity index (χ1n) is 9.59. The maximum Gasteiger partial charge on any atom is 0.283 e. The van der Waals surface area contributed by atoms with E-state index in [1.165, 1.54) is 11.8 Å². The fourth-order valence-electron chi connectivity index (χ4n) is 3.31. The molecule has 0 aliphatic heterocycles. The van der Waals surface area contributed by atoms with Crippen LogP contribution in [0.1, 0.15) is 18.9 Å². The highest BCUT2D eigenvalue weighted by atomic mass is 32.2. The van der Waals surface area contributed by atoms with Crippen molar-refractivity contribution >= 4 is 39.6 Å². The van der Waals surface area contributed by atoms with Crippen molar-refractivity contribution in [3.63, 3.8) is 0 Å². The number of aromatic nitrogens is 3. The molecule has 7 heteroatoms. The van der Waals surface area contributed by atoms with Gasteiger partial charge in [-0.1, -0.05) is 55.1 Å². The van der Waals surface area contributed by atoms with Gasteiger partial charge in [0.2, 0.25) is 5.91 Å². The summed E-state index contributed by atoms with van der Waals surface area (Å²) in [5.74, 6) is 0.132. The van der Waals surface area contributed by atoms with E-state index in [2.05, 4.69) is 10.3 Å². The van der Waals surface area contributed by atoms with Crippen LogP contribution < -0.4 is 10.9 Å². The van der Waals surface area contributed by atoms with Crippen molar-refractivity contribution in [2.75, 3.05) is 12.3 Å². The van der Waals surface area contributed by atoms with Gasteiger partial charge < -0.3 is 10.3 Å². The Morgan fingerprint density at radius 1 is 1.17 bits per heavy atom. The second-order valence-corrected chi connectivity index (χ2v) is 7.80. The molecule has 148 valence electrons. The molecule has 0 aliphatic carbocycles. The fourth-order valence-corrected chi connectivity index (χ4v) is 4.14. The predicted molar refractivity (Wildman–Crippen MR) is 118 cm³/mol. The van der Waals surface area contributed by atoms with E-state index in [1.807, 2.05) is 62.4 Å². The van der Waals surface area contributed by atoms with Crippen LogP contribution in [0.15, 0.2) is 58.5 Å². The summed E-state index contributed by atoms with van der Waals surface area (Å²) in [5.41, 5.74) is 3.52. The number of aryl methyl sites for hydroxylation is 1. The molecule has 0 saturated carbocycles. The van der Waals surface area contributed by atoms with E-state index in [1.54, 1.807) is 4.57 Å². The summed E-state index contributed by atoms with van der Waals surface area (Å²) in [6.45, 7) is 4.61. The number of para-hydroxylation sites is 2. The van der Waals surface area contributed by atoms with Crippen LogP contribution in [0.4, 0.5) is 0 Å². The monoisotopic (exact) mass is 406 g/mol. The maximum absolute atomic E-state index is 13.5. The Hall–Kier alpha value is -3.06. The molecule has 0 saturated heterocycles. The lowest BCUT2D eigenvalue weighted by Crippen LogP contribution is -2.27. The third-order valence-corrected chi connectivity index (χ3v) is 5.69. The minimum Gasteiger partial charge on any atom is -0.355 e. The largest absolute Gasteiger partial charge is 0.355 e. The van der Waals surface area contributed by atoms with E-state index < -0.39 is 0 Å². The number of amides is 1. The van der Waals surface area contributed by atoms with Crippen molar-refractivity contribution in [1.82, 2.24) is 19.9 Å². The van der Waals surface area contributed by atoms with Gasteiger partial charge in [-0.2, -0.15) is 0 Å². The average Bonchev–Trinajstić information content (AvgIpc) is 3.11. The normalized spacial score (nSPS) is 11.2. The Labute approximate surface area is 172 Å². The Morgan fingerprint density at radius 3 is 2.72 bits per heavy atom. The zero-order valence-electron chi connectivity index (χ0n) is 16.4. The minimum atomic E-state index is -0.169. The van der Waals surface area contributed by atoms with Crippen molar-refractivity contribution in [2.24, 2.45) is 0 Å². The van der Waals surface area contributed by atoms with Crippen LogP contribution in [0.2, 0.25) is 0 Å². The number of carbonyl (C=O) groups is 1. The van der Waals surface area contributed by atoms with Gasteiger partial charge in [-0.3, -0.25) is 14.2 Å². The third-order valence-electron chi connectivity index (χ3n) is 4.76. The lowest BCUT2D eigenvalue weighted by Gasteiger charge is -2.14. The molecule has 2 aromatic heterocycles. The lowest BCUT2D eigenvalue weighted by molar-refractivity contribution is -0.118. The molecule has 29 heavy (non-hydrogen) atoms. The molecule has 0 unspecified atom stereocenters. The number of nitrogens with zero attached hydrogens (tertiary/aromatic N) is 2. The molecule has 2 heterocycles. The molecular weight excluding hydrogens is 384 g/mol. The second kappa shape index (κ2) is 8.13. The van der Waals surface area contributed by atoms with Gasteiger partial charge >= 0.3 is 0 Å². The van der Waals surface area contributed by atoms with Gasteiger partial charge in [0.1, 0.15) is 11.0 Å². The fraction of sp³-hybridized carbons (Fsp3) is 0.227. The van der Waals surface area contributed by atoms with Crippen molar-refractivity contribution < 1.29 is 4.79 Å². The summed E-state index contributed by atoms with van der Waals surface area (Å²) in [4.78, 5) is 33.6. The lowest BCUT2D eigenvalue weighted by atomic mass is 10.2. The number of hydrogen-bond acceptors (Lipinski definition) is 4. The highest BCUT2D eigenvalue weighted by Crippen LogP contribution is 2.27. The summed E-state index contributed by atoms with van der Waals surface area (Å²) < 4.78 is 1.60. The van der Waals surface area contributed by atoms with E-state index in [-0.39, 0.29) is 17.2 Å². The first kappa shape index (κ1) is 19.3. The molecule has 1 amide bonds. The molecule has 0 radical (unpaired) electrons. The van der Waals surface area contributed by atoms with Crippen LogP contribution in [-0.4, -0.2) is 32.7 Å². The summed E-state index contributed by atoms with van der Waals surface area (Å²) in [6.07, 6.45) is 0.879. The molecule has 0 bridgehead atoms. The van der Waals surface area contributed by atoms with Crippen molar-refractivity contribution in [1.29, 1.82) is 0 Å². The molecule has 0 spiro atoms. The van der Waals surface area contributed by atoms with Crippen molar-refractivity contribution in [2.45, 2.75) is 25.4 Å². The number of hydrogen-bond donors (Lipinski definition) is 2. The van der Waals surface area contributed by atoms with E-state index in [0.717, 1.165) is 28.6 Å². The smallest absolute Gasteiger partial charge is 0.283 e. The molecule has 2 aromatic carbocycles. The molecule has 2 N–H and O–H groups in total. The first-order chi connectivity index (χ1) is 14.1. The quantitative estimate of drug-likeness (QED) is 0.377. The SMILES string of the molecule is CCCNC(=O)CSc1nc2c([nH]c3ccccc32)c(=O)n1-c1ccccc1C. The Bertz CT molecular complexity index is 1260. The number of fused-ring (bicyclic) bond motifs is 3. The molecule has 4 rings (SSSR count). The van der Waals surface area contributed by atoms with Crippen LogP contribution >= 0.6 is 11.8 Å². The number of aromatic amines is 1. The maximum atomic E-state index is 13.5. The van der Waals surface area contributed by atoms with E-state index in [0.29, 0.717) is 22.7 Å². The van der Waals surface area contributed by atoms with Gasteiger partial charge in [0.15, 0.2) is 5.16 Å². The summed E-state index contributed by atoms with van der Waals surface area (Å²) in [7, 11) is 0. The predicted octanol–water partition coefficient (Wildman–Crippen LogP) is 3.79. The summed E-state index contributed by atoms with van der Waals surface area (Å²) >= 11 is 1.28. The van der Waals surface area contributed by atoms with Crippen LogP contribution in [0, 0.1) is 6.92 Å². The number of rotatable bonds is 6. The highest BCUT2D eigenvalue weighted by molar-refractivity contribution is 7.99. The Balaban J connectivity index is 1.89. The zero-order valence-corrected chi connectivity index (χ0v) is 17.2. The molecular formula is C22H22N4O2S. The van der Waals surface area contributed by atoms with Crippen molar-refractivity contribution in [3.05, 3.63) is 64.4 Å². The van der Waals surface area contributed by atoms with E-state index >= 15 is 0 Å². The summed E-state index contributed by atoms with van der Waals surface area (Å²) in [5, 5.41) is 4.27. The number of H-pyrrole nitrogens is 1. The number of carbonyl (C=O) groups excluding carboxylic acids is 1. The third kappa shape index (κ3) is 3.65. The standard InChI is InChI=1S/C22H22N4O2S/c1-3-12-23-18(27)13-29-22-25-19-15-9-5-6-10-16(15)24-20(19)21(28)26(22)17-11-7-4-8-14(17)2/h4-11,24H,3,12-13H2,1-2H3,(H,23,27). The number of nitrogens with one attached hydrogen (secondary N) is 2. The molecule has 0 aliphatic rings. The minimum absolute atomic E-state index is 0.0681. The van der Waals surface area contributed by atoms with Crippen LogP contribution in [-0.2, 0) is 4.79 Å². The van der Waals surface area contributed by atoms with Crippen molar-refractivity contribution in [3.8, 4) is 5.69 Å². The first-order valence-corrected chi connectivity index (χ1v) is 10.6. The van der Waals surface area contributed by atoms with Gasteiger partial charge in [-0.25, -0.2) is 4.98 Å². The molecule has 6 nitrogen and oxygen atoms in total. The van der Waals surface area contributed by atoms with Gasteiger partial charge in [0.25, 0.3) is 5.56 Å². The molecule has 0 fully saturated rings. The molecule has 4 aromatic rings. The summed E-state index contributed by atoms with van der Waals surface area (Å²) in [6, 6.07) is 15.4. The second-order valence-electron chi connectivity index (χ2n) is 6.85. The average molecular weight is 407 g/mol. The van der Waals surface area contributed by atoms with Crippen LogP contribution in [0.5, 0.6) is 0 Å². The Kier molecular flexibility index (Phi) is 5.40. The van der Waals surface area contributed by atoms with E-state index in [4.69, 9.17) is 4.98 Å². The highest BCUT2D eigenvalue weighted by Gasteiger charge is 2.18. The Morgan fingerprint density at radius 2 is 1.93 bits per heavy atom. The van der Waals surface area contributed by atoms with Crippen LogP contribution in [0.25, 0.3) is 27.6 Å². The molecule has 0 atom stereocenters. The zero-order chi connectivity index (χ0) is 20.4. The van der Waals surface area contributed by atoms with Gasteiger partial charge in [-0.15, -0.1) is 0 Å². The van der Waals surface area contributed by atoms with Gasteiger partial charge in [0.05, 0.1) is 11.4 Å². The van der Waals surface area contributed by atoms with Gasteiger partial charge in [0, 0.05) is 17.4 Å². The van der Waals surface area contributed by atoms with Gasteiger partial charge in [-0.05, 0) is 31.0 Å². The van der Waals surface area contributed by atoms with E-state index in [9.17, 15) is 9.59 Å². The number of thioether (sulfide) groups is 1. The van der Waals surface area contributed by atoms with Crippen LogP contribution in [0.3, 0.4) is 0 Å². The number of benzene rings is 2.